The molecule has 0 radical (unpaired) electrons. The van der Waals surface area contributed by atoms with E-state index in [1.54, 1.807) is 6.07 Å². The fourth-order valence-corrected chi connectivity index (χ4v) is 1.94. The van der Waals surface area contributed by atoms with Gasteiger partial charge in [0, 0.05) is 30.8 Å². The first-order chi connectivity index (χ1) is 9.10. The summed E-state index contributed by atoms with van der Waals surface area (Å²) in [5.74, 6) is 0.659. The first-order valence-electron chi connectivity index (χ1n) is 6.36. The molecule has 0 amide bonds. The van der Waals surface area contributed by atoms with Crippen molar-refractivity contribution in [1.29, 1.82) is 5.26 Å². The SMILES string of the molecule is CC(C)N(CCC#N)Cc1nc2ccc(N)cc2o1. The van der Waals surface area contributed by atoms with Crippen LogP contribution in [-0.2, 0) is 6.54 Å². The Kier molecular flexibility index (Phi) is 4.03. The van der Waals surface area contributed by atoms with E-state index in [1.165, 1.54) is 0 Å². The van der Waals surface area contributed by atoms with Crippen LogP contribution in [0.25, 0.3) is 11.1 Å². The van der Waals surface area contributed by atoms with Crippen molar-refractivity contribution < 1.29 is 4.42 Å². The van der Waals surface area contributed by atoms with E-state index in [-0.39, 0.29) is 0 Å². The summed E-state index contributed by atoms with van der Waals surface area (Å²) < 4.78 is 5.69. The molecule has 5 nitrogen and oxygen atoms in total. The average molecular weight is 258 g/mol. The molecule has 0 fully saturated rings. The summed E-state index contributed by atoms with van der Waals surface area (Å²) in [5, 5.41) is 8.68. The monoisotopic (exact) mass is 258 g/mol. The molecule has 2 N–H and O–H groups in total. The van der Waals surface area contributed by atoms with E-state index in [2.05, 4.69) is 29.8 Å². The lowest BCUT2D eigenvalue weighted by molar-refractivity contribution is 0.199. The van der Waals surface area contributed by atoms with Crippen molar-refractivity contribution in [2.45, 2.75) is 32.9 Å². The van der Waals surface area contributed by atoms with Crippen LogP contribution in [0.1, 0.15) is 26.2 Å². The standard InChI is InChI=1S/C14H18N4O/c1-10(2)18(7-3-6-15)9-14-17-12-5-4-11(16)8-13(12)19-14/h4-5,8,10H,3,7,9,16H2,1-2H3. The van der Waals surface area contributed by atoms with Crippen LogP contribution in [0, 0.1) is 11.3 Å². The van der Waals surface area contributed by atoms with Crippen LogP contribution in [0.4, 0.5) is 5.69 Å². The van der Waals surface area contributed by atoms with Gasteiger partial charge >= 0.3 is 0 Å². The van der Waals surface area contributed by atoms with Gasteiger partial charge in [0.05, 0.1) is 12.6 Å². The normalized spacial score (nSPS) is 11.3. The topological polar surface area (TPSA) is 79.1 Å². The molecule has 1 aromatic carbocycles. The van der Waals surface area contributed by atoms with E-state index >= 15 is 0 Å². The Hall–Kier alpha value is -2.06. The van der Waals surface area contributed by atoms with Crippen molar-refractivity contribution in [2.75, 3.05) is 12.3 Å². The van der Waals surface area contributed by atoms with Gasteiger partial charge in [-0.3, -0.25) is 4.90 Å². The van der Waals surface area contributed by atoms with Crippen molar-refractivity contribution >= 4 is 16.8 Å². The van der Waals surface area contributed by atoms with E-state index in [1.807, 2.05) is 12.1 Å². The van der Waals surface area contributed by atoms with Gasteiger partial charge in [0.1, 0.15) is 5.52 Å². The number of benzene rings is 1. The summed E-state index contributed by atoms with van der Waals surface area (Å²) in [4.78, 5) is 6.60. The third kappa shape index (κ3) is 3.24. The number of rotatable bonds is 5. The van der Waals surface area contributed by atoms with Gasteiger partial charge in [0.2, 0.25) is 5.89 Å². The lowest BCUT2D eigenvalue weighted by Gasteiger charge is -2.23. The summed E-state index contributed by atoms with van der Waals surface area (Å²) >= 11 is 0. The van der Waals surface area contributed by atoms with Crippen LogP contribution < -0.4 is 5.73 Å². The molecule has 5 heteroatoms. The minimum atomic E-state index is 0.341. The van der Waals surface area contributed by atoms with Crippen LogP contribution >= 0.6 is 0 Å². The van der Waals surface area contributed by atoms with Crippen molar-refractivity contribution in [2.24, 2.45) is 0 Å². The molecule has 2 rings (SSSR count). The third-order valence-electron chi connectivity index (χ3n) is 3.04. The summed E-state index contributed by atoms with van der Waals surface area (Å²) in [6.07, 6.45) is 0.505. The number of nitrogen functional groups attached to an aromatic ring is 1. The van der Waals surface area contributed by atoms with Gasteiger partial charge in [-0.2, -0.15) is 5.26 Å². The number of fused-ring (bicyclic) bond motifs is 1. The number of hydrogen-bond acceptors (Lipinski definition) is 5. The van der Waals surface area contributed by atoms with E-state index in [0.29, 0.717) is 36.2 Å². The molecule has 1 heterocycles. The molecule has 0 aliphatic heterocycles. The zero-order chi connectivity index (χ0) is 13.8. The Labute approximate surface area is 112 Å². The number of anilines is 1. The average Bonchev–Trinajstić information content (AvgIpc) is 2.75. The molecule has 0 aliphatic rings. The number of nitriles is 1. The fraction of sp³-hybridized carbons (Fsp3) is 0.429. The van der Waals surface area contributed by atoms with Crippen molar-refractivity contribution in [1.82, 2.24) is 9.88 Å². The number of hydrogen-bond donors (Lipinski definition) is 1. The molecule has 1 aromatic heterocycles. The van der Waals surface area contributed by atoms with Crippen LogP contribution in [0.3, 0.4) is 0 Å². The number of nitrogens with two attached hydrogens (primary N) is 1. The molecule has 0 unspecified atom stereocenters. The van der Waals surface area contributed by atoms with Crippen LogP contribution in [0.15, 0.2) is 22.6 Å². The maximum atomic E-state index is 8.68. The highest BCUT2D eigenvalue weighted by Gasteiger charge is 2.14. The second-order valence-corrected chi connectivity index (χ2v) is 4.81. The predicted octanol–water partition coefficient (Wildman–Crippen LogP) is 2.53. The molecule has 0 aliphatic carbocycles. The third-order valence-corrected chi connectivity index (χ3v) is 3.04. The first-order valence-corrected chi connectivity index (χ1v) is 6.36. The molecular formula is C14H18N4O. The van der Waals surface area contributed by atoms with E-state index in [9.17, 15) is 0 Å². The maximum Gasteiger partial charge on any atom is 0.209 e. The summed E-state index contributed by atoms with van der Waals surface area (Å²) in [7, 11) is 0. The Morgan fingerprint density at radius 1 is 1.47 bits per heavy atom. The highest BCUT2D eigenvalue weighted by atomic mass is 16.3. The molecule has 0 saturated carbocycles. The number of nitrogens with zero attached hydrogens (tertiary/aromatic N) is 3. The molecule has 0 bridgehead atoms. The van der Waals surface area contributed by atoms with Gasteiger partial charge in [-0.1, -0.05) is 0 Å². The first kappa shape index (κ1) is 13.4. The van der Waals surface area contributed by atoms with Crippen LogP contribution in [0.2, 0.25) is 0 Å². The highest BCUT2D eigenvalue weighted by molar-refractivity contribution is 5.76. The number of oxazole rings is 1. The largest absolute Gasteiger partial charge is 0.439 e. The molecule has 0 atom stereocenters. The van der Waals surface area contributed by atoms with E-state index in [4.69, 9.17) is 15.4 Å². The predicted molar refractivity (Wildman–Crippen MR) is 74.2 cm³/mol. The van der Waals surface area contributed by atoms with Gasteiger partial charge in [-0.25, -0.2) is 4.98 Å². The van der Waals surface area contributed by atoms with Gasteiger partial charge in [-0.15, -0.1) is 0 Å². The van der Waals surface area contributed by atoms with Gasteiger partial charge in [0.15, 0.2) is 5.58 Å². The quantitative estimate of drug-likeness (QED) is 0.834. The molecule has 0 spiro atoms. The summed E-state index contributed by atoms with van der Waals surface area (Å²) in [6, 6.07) is 7.95. The van der Waals surface area contributed by atoms with Gasteiger partial charge in [0.25, 0.3) is 0 Å². The molecule has 2 aromatic rings. The van der Waals surface area contributed by atoms with Gasteiger partial charge in [-0.05, 0) is 26.0 Å². The fourth-order valence-electron chi connectivity index (χ4n) is 1.94. The Bertz CT molecular complexity index is 597. The minimum absolute atomic E-state index is 0.341. The molecule has 0 saturated heterocycles. The zero-order valence-electron chi connectivity index (χ0n) is 11.3. The van der Waals surface area contributed by atoms with Crippen molar-refractivity contribution in [3.8, 4) is 6.07 Å². The second-order valence-electron chi connectivity index (χ2n) is 4.81. The summed E-state index contributed by atoms with van der Waals surface area (Å²) in [5.41, 5.74) is 7.90. The molecular weight excluding hydrogens is 240 g/mol. The zero-order valence-corrected chi connectivity index (χ0v) is 11.3. The van der Waals surface area contributed by atoms with Crippen LogP contribution in [0.5, 0.6) is 0 Å². The smallest absolute Gasteiger partial charge is 0.209 e. The highest BCUT2D eigenvalue weighted by Crippen LogP contribution is 2.19. The van der Waals surface area contributed by atoms with Gasteiger partial charge < -0.3 is 10.2 Å². The van der Waals surface area contributed by atoms with Crippen molar-refractivity contribution in [3.05, 3.63) is 24.1 Å². The Morgan fingerprint density at radius 2 is 2.26 bits per heavy atom. The molecule has 100 valence electrons. The maximum absolute atomic E-state index is 8.68. The number of aromatic nitrogens is 1. The minimum Gasteiger partial charge on any atom is -0.439 e. The summed E-state index contributed by atoms with van der Waals surface area (Å²) in [6.45, 7) is 5.51. The lowest BCUT2D eigenvalue weighted by atomic mass is 10.3. The van der Waals surface area contributed by atoms with E-state index < -0.39 is 0 Å². The second kappa shape index (κ2) is 5.72. The molecule has 19 heavy (non-hydrogen) atoms. The Balaban J connectivity index is 2.17. The van der Waals surface area contributed by atoms with Crippen LogP contribution in [-0.4, -0.2) is 22.5 Å². The van der Waals surface area contributed by atoms with Crippen molar-refractivity contribution in [3.63, 3.8) is 0 Å². The Morgan fingerprint density at radius 3 is 2.95 bits per heavy atom. The lowest BCUT2D eigenvalue weighted by Crippen LogP contribution is -2.31. The van der Waals surface area contributed by atoms with E-state index in [0.717, 1.165) is 12.1 Å².